The number of nitrogens with one attached hydrogen (secondary N) is 1. The van der Waals surface area contributed by atoms with Crippen molar-refractivity contribution in [1.29, 1.82) is 0 Å². The maximum absolute atomic E-state index is 12.4. The Morgan fingerprint density at radius 1 is 1.25 bits per heavy atom. The minimum Gasteiger partial charge on any atom is -0.351 e. The van der Waals surface area contributed by atoms with E-state index in [1.807, 2.05) is 30.3 Å². The van der Waals surface area contributed by atoms with Gasteiger partial charge in [-0.15, -0.1) is 11.3 Å². The predicted octanol–water partition coefficient (Wildman–Crippen LogP) is 3.91. The molecule has 130 valence electrons. The van der Waals surface area contributed by atoms with Gasteiger partial charge in [0.05, 0.1) is 11.4 Å². The minimum absolute atomic E-state index is 0.103. The number of carbonyl (C=O) groups is 1. The second-order valence-corrected chi connectivity index (χ2v) is 7.28. The number of halogens is 3. The van der Waals surface area contributed by atoms with Gasteiger partial charge < -0.3 is 5.32 Å². The summed E-state index contributed by atoms with van der Waals surface area (Å²) in [5, 5.41) is 3.97. The van der Waals surface area contributed by atoms with Crippen LogP contribution in [-0.2, 0) is 0 Å². The molecule has 24 heavy (non-hydrogen) atoms. The van der Waals surface area contributed by atoms with Crippen LogP contribution in [0.5, 0.6) is 0 Å². The first-order valence-electron chi connectivity index (χ1n) is 7.96. The molecule has 0 unspecified atom stereocenters. The molecule has 0 spiro atoms. The molecule has 1 aromatic heterocycles. The Morgan fingerprint density at radius 2 is 1.96 bits per heavy atom. The molecule has 2 aromatic rings. The Balaban J connectivity index is 1.47. The summed E-state index contributed by atoms with van der Waals surface area (Å²) in [6.07, 6.45) is -2.77. The summed E-state index contributed by atoms with van der Waals surface area (Å²) < 4.78 is 38.2. The molecule has 0 atom stereocenters. The van der Waals surface area contributed by atoms with Gasteiger partial charge in [0, 0.05) is 11.2 Å². The molecule has 1 aliphatic rings. The van der Waals surface area contributed by atoms with Gasteiger partial charge in [0.2, 0.25) is 0 Å². The minimum atomic E-state index is -4.14. The van der Waals surface area contributed by atoms with Crippen LogP contribution in [0.1, 0.15) is 22.5 Å². The quantitative estimate of drug-likeness (QED) is 0.901. The van der Waals surface area contributed by atoms with Crippen LogP contribution in [0.4, 0.5) is 13.2 Å². The normalized spacial score (nSPS) is 17.3. The average Bonchev–Trinajstić information content (AvgIpc) is 2.96. The lowest BCUT2D eigenvalue weighted by molar-refractivity contribution is -0.148. The number of benzene rings is 1. The summed E-state index contributed by atoms with van der Waals surface area (Å²) in [5.41, 5.74) is 0. The summed E-state index contributed by atoms with van der Waals surface area (Å²) >= 11 is 1.45. The van der Waals surface area contributed by atoms with Crippen molar-refractivity contribution in [3.8, 4) is 0 Å². The van der Waals surface area contributed by atoms with Gasteiger partial charge in [-0.2, -0.15) is 13.2 Å². The fourth-order valence-corrected chi connectivity index (χ4v) is 4.00. The van der Waals surface area contributed by atoms with E-state index < -0.39 is 12.7 Å². The number of carbonyl (C=O) groups excluding carboxylic acids is 1. The largest absolute Gasteiger partial charge is 0.401 e. The van der Waals surface area contributed by atoms with Crippen molar-refractivity contribution in [1.82, 2.24) is 10.2 Å². The first-order chi connectivity index (χ1) is 11.4. The van der Waals surface area contributed by atoms with Crippen molar-refractivity contribution in [2.45, 2.75) is 19.0 Å². The summed E-state index contributed by atoms with van der Waals surface area (Å²) in [6, 6.07) is 9.70. The molecule has 1 fully saturated rings. The Hall–Kier alpha value is -1.60. The van der Waals surface area contributed by atoms with Crippen molar-refractivity contribution in [3.63, 3.8) is 0 Å². The standard InChI is InChI=1S/C17H19F3N2OS/c18-17(19,20)11-22-7-5-12(6-8-22)10-21-16(23)15-9-13-3-1-2-4-14(13)24-15/h1-4,9,12H,5-8,10-11H2,(H,21,23). The van der Waals surface area contributed by atoms with Crippen LogP contribution in [-0.4, -0.2) is 43.2 Å². The summed E-state index contributed by atoms with van der Waals surface area (Å²) in [4.78, 5) is 14.4. The Kier molecular flexibility index (Phi) is 5.10. The molecule has 1 aromatic carbocycles. The molecule has 0 radical (unpaired) electrons. The third-order valence-electron chi connectivity index (χ3n) is 4.31. The average molecular weight is 356 g/mol. The number of fused-ring (bicyclic) bond motifs is 1. The Labute approximate surface area is 142 Å². The van der Waals surface area contributed by atoms with Crippen LogP contribution in [0.2, 0.25) is 0 Å². The highest BCUT2D eigenvalue weighted by molar-refractivity contribution is 7.20. The predicted molar refractivity (Wildman–Crippen MR) is 89.4 cm³/mol. The van der Waals surface area contributed by atoms with Crippen LogP contribution in [0, 0.1) is 5.92 Å². The summed E-state index contributed by atoms with van der Waals surface area (Å²) in [6.45, 7) is 0.548. The SMILES string of the molecule is O=C(NCC1CCN(CC(F)(F)F)CC1)c1cc2ccccc2s1. The number of likely N-dealkylation sites (tertiary alicyclic amines) is 1. The van der Waals surface area contributed by atoms with E-state index in [0.717, 1.165) is 10.1 Å². The first-order valence-corrected chi connectivity index (χ1v) is 8.78. The smallest absolute Gasteiger partial charge is 0.351 e. The zero-order valence-corrected chi connectivity index (χ0v) is 13.9. The molecule has 0 bridgehead atoms. The molecule has 0 aliphatic carbocycles. The second-order valence-electron chi connectivity index (χ2n) is 6.19. The monoisotopic (exact) mass is 356 g/mol. The molecule has 3 rings (SSSR count). The maximum atomic E-state index is 12.4. The summed E-state index contributed by atoms with van der Waals surface area (Å²) in [7, 11) is 0. The lowest BCUT2D eigenvalue weighted by atomic mass is 9.97. The maximum Gasteiger partial charge on any atom is 0.401 e. The van der Waals surface area contributed by atoms with Crippen molar-refractivity contribution >= 4 is 27.3 Å². The molecular formula is C17H19F3N2OS. The van der Waals surface area contributed by atoms with Crippen molar-refractivity contribution < 1.29 is 18.0 Å². The first kappa shape index (κ1) is 17.2. The number of rotatable bonds is 4. The summed E-state index contributed by atoms with van der Waals surface area (Å²) in [5.74, 6) is 0.140. The number of hydrogen-bond donors (Lipinski definition) is 1. The Morgan fingerprint density at radius 3 is 2.62 bits per heavy atom. The van der Waals surface area contributed by atoms with E-state index in [-0.39, 0.29) is 11.8 Å². The van der Waals surface area contributed by atoms with Gasteiger partial charge in [0.25, 0.3) is 5.91 Å². The van der Waals surface area contributed by atoms with Crippen LogP contribution in [0.25, 0.3) is 10.1 Å². The van der Waals surface area contributed by atoms with Crippen LogP contribution < -0.4 is 5.32 Å². The lowest BCUT2D eigenvalue weighted by Crippen LogP contribution is -2.42. The molecule has 0 saturated carbocycles. The topological polar surface area (TPSA) is 32.3 Å². The van der Waals surface area contributed by atoms with E-state index in [0.29, 0.717) is 37.4 Å². The van der Waals surface area contributed by atoms with Crippen molar-refractivity contribution in [2.24, 2.45) is 5.92 Å². The highest BCUT2D eigenvalue weighted by atomic mass is 32.1. The van der Waals surface area contributed by atoms with Gasteiger partial charge in [0.15, 0.2) is 0 Å². The van der Waals surface area contributed by atoms with E-state index in [1.165, 1.54) is 16.2 Å². The number of alkyl halides is 3. The molecule has 1 saturated heterocycles. The van der Waals surface area contributed by atoms with E-state index >= 15 is 0 Å². The van der Waals surface area contributed by atoms with Gasteiger partial charge in [-0.3, -0.25) is 9.69 Å². The van der Waals surface area contributed by atoms with E-state index in [2.05, 4.69) is 5.32 Å². The number of hydrogen-bond acceptors (Lipinski definition) is 3. The molecule has 3 nitrogen and oxygen atoms in total. The number of nitrogens with zero attached hydrogens (tertiary/aromatic N) is 1. The van der Waals surface area contributed by atoms with Gasteiger partial charge >= 0.3 is 6.18 Å². The van der Waals surface area contributed by atoms with E-state index in [1.54, 1.807) is 0 Å². The van der Waals surface area contributed by atoms with Gasteiger partial charge in [-0.05, 0) is 49.4 Å². The van der Waals surface area contributed by atoms with Gasteiger partial charge in [0.1, 0.15) is 0 Å². The number of thiophene rings is 1. The zero-order valence-electron chi connectivity index (χ0n) is 13.1. The molecule has 1 aliphatic heterocycles. The van der Waals surface area contributed by atoms with Crippen molar-refractivity contribution in [3.05, 3.63) is 35.2 Å². The molecule has 1 amide bonds. The van der Waals surface area contributed by atoms with Gasteiger partial charge in [-0.1, -0.05) is 18.2 Å². The lowest BCUT2D eigenvalue weighted by Gasteiger charge is -2.32. The fraction of sp³-hybridized carbons (Fsp3) is 0.471. The third-order valence-corrected chi connectivity index (χ3v) is 5.43. The highest BCUT2D eigenvalue weighted by Gasteiger charge is 2.32. The van der Waals surface area contributed by atoms with Crippen LogP contribution >= 0.6 is 11.3 Å². The number of amides is 1. The van der Waals surface area contributed by atoms with Gasteiger partial charge in [-0.25, -0.2) is 0 Å². The third kappa shape index (κ3) is 4.48. The Bertz CT molecular complexity index is 672. The van der Waals surface area contributed by atoms with Crippen LogP contribution in [0.3, 0.4) is 0 Å². The molecular weight excluding hydrogens is 337 g/mol. The second kappa shape index (κ2) is 7.11. The van der Waals surface area contributed by atoms with E-state index in [4.69, 9.17) is 0 Å². The molecule has 7 heteroatoms. The van der Waals surface area contributed by atoms with E-state index in [9.17, 15) is 18.0 Å². The molecule has 2 heterocycles. The highest BCUT2D eigenvalue weighted by Crippen LogP contribution is 2.26. The number of piperidine rings is 1. The van der Waals surface area contributed by atoms with Crippen LogP contribution in [0.15, 0.2) is 30.3 Å². The zero-order chi connectivity index (χ0) is 17.2. The molecule has 1 N–H and O–H groups in total. The fourth-order valence-electron chi connectivity index (χ4n) is 3.02. The van der Waals surface area contributed by atoms with Crippen molar-refractivity contribution in [2.75, 3.05) is 26.2 Å².